The van der Waals surface area contributed by atoms with Gasteiger partial charge in [-0.05, 0) is 57.1 Å². The number of rotatable bonds is 5. The van der Waals surface area contributed by atoms with Crippen LogP contribution in [-0.2, 0) is 6.18 Å². The maximum absolute atomic E-state index is 12.7. The first kappa shape index (κ1) is 15.6. The molecule has 1 N–H and O–H groups in total. The molecule has 1 aromatic carbocycles. The Morgan fingerprint density at radius 3 is 2.57 bits per heavy atom. The van der Waals surface area contributed by atoms with Crippen molar-refractivity contribution in [3.63, 3.8) is 0 Å². The number of likely N-dealkylation sites (tertiary alicyclic amines) is 1. The minimum absolute atomic E-state index is 0.341. The Hall–Kier alpha value is -1.74. The molecule has 1 aliphatic heterocycles. The highest BCUT2D eigenvalue weighted by molar-refractivity contribution is 5.53. The molecule has 1 fully saturated rings. The third kappa shape index (κ3) is 4.36. The quantitative estimate of drug-likeness (QED) is 0.846. The van der Waals surface area contributed by atoms with Crippen molar-refractivity contribution in [2.45, 2.75) is 25.4 Å². The zero-order valence-electron chi connectivity index (χ0n) is 11.7. The molecule has 0 unspecified atom stereocenters. The van der Waals surface area contributed by atoms with Crippen molar-refractivity contribution in [3.8, 4) is 6.07 Å². The SMILES string of the molecule is N#Cc1cc(NCCCN2CCCC2)ccc1C(F)(F)F. The Morgan fingerprint density at radius 1 is 1.24 bits per heavy atom. The lowest BCUT2D eigenvalue weighted by atomic mass is 10.1. The molecule has 0 aliphatic carbocycles. The Bertz CT molecular complexity index is 514. The van der Waals surface area contributed by atoms with E-state index >= 15 is 0 Å². The second-order valence-electron chi connectivity index (χ2n) is 5.20. The Kier molecular flexibility index (Phi) is 5.07. The number of nitrogens with zero attached hydrogens (tertiary/aromatic N) is 2. The molecular formula is C15H18F3N3. The van der Waals surface area contributed by atoms with Gasteiger partial charge in [0.15, 0.2) is 0 Å². The van der Waals surface area contributed by atoms with Crippen LogP contribution in [0.2, 0.25) is 0 Å². The molecular weight excluding hydrogens is 279 g/mol. The predicted octanol–water partition coefficient (Wildman–Crippen LogP) is 3.47. The summed E-state index contributed by atoms with van der Waals surface area (Å²) in [5.74, 6) is 0. The molecule has 1 aliphatic rings. The first-order valence-electron chi connectivity index (χ1n) is 7.08. The smallest absolute Gasteiger partial charge is 0.385 e. The van der Waals surface area contributed by atoms with Crippen LogP contribution in [0.15, 0.2) is 18.2 Å². The van der Waals surface area contributed by atoms with E-state index in [9.17, 15) is 13.2 Å². The number of halogens is 3. The minimum atomic E-state index is -4.49. The Balaban J connectivity index is 1.87. The summed E-state index contributed by atoms with van der Waals surface area (Å²) in [5.41, 5.74) is -0.666. The molecule has 21 heavy (non-hydrogen) atoms. The summed E-state index contributed by atoms with van der Waals surface area (Å²) in [5, 5.41) is 11.9. The van der Waals surface area contributed by atoms with E-state index in [-0.39, 0.29) is 5.56 Å². The van der Waals surface area contributed by atoms with Crippen LogP contribution in [0.1, 0.15) is 30.4 Å². The number of benzene rings is 1. The number of hydrogen-bond donors (Lipinski definition) is 1. The van der Waals surface area contributed by atoms with Gasteiger partial charge in [0.25, 0.3) is 0 Å². The summed E-state index contributed by atoms with van der Waals surface area (Å²) in [6, 6.07) is 5.21. The van der Waals surface area contributed by atoms with E-state index in [2.05, 4.69) is 10.2 Å². The van der Waals surface area contributed by atoms with Crippen molar-refractivity contribution in [1.29, 1.82) is 5.26 Å². The molecule has 114 valence electrons. The number of nitriles is 1. The van der Waals surface area contributed by atoms with Gasteiger partial charge in [-0.2, -0.15) is 18.4 Å². The van der Waals surface area contributed by atoms with Crippen LogP contribution >= 0.6 is 0 Å². The standard InChI is InChI=1S/C15H18F3N3/c16-15(17,18)14-5-4-13(10-12(14)11-19)20-6-3-9-21-7-1-2-8-21/h4-5,10,20H,1-3,6-9H2. The van der Waals surface area contributed by atoms with E-state index in [1.165, 1.54) is 25.0 Å². The highest BCUT2D eigenvalue weighted by atomic mass is 19.4. The summed E-state index contributed by atoms with van der Waals surface area (Å²) in [6.07, 6.45) is -1.06. The average Bonchev–Trinajstić information content (AvgIpc) is 2.95. The van der Waals surface area contributed by atoms with Crippen molar-refractivity contribution >= 4 is 5.69 Å². The summed E-state index contributed by atoms with van der Waals surface area (Å²) in [6.45, 7) is 3.96. The van der Waals surface area contributed by atoms with Crippen molar-refractivity contribution in [1.82, 2.24) is 4.90 Å². The minimum Gasteiger partial charge on any atom is -0.385 e. The molecule has 1 saturated heterocycles. The molecule has 0 atom stereocenters. The van der Waals surface area contributed by atoms with Crippen LogP contribution in [-0.4, -0.2) is 31.1 Å². The normalized spacial score (nSPS) is 15.9. The van der Waals surface area contributed by atoms with Crippen LogP contribution in [0.5, 0.6) is 0 Å². The van der Waals surface area contributed by atoms with E-state index in [0.29, 0.717) is 12.2 Å². The molecule has 1 aromatic rings. The molecule has 0 radical (unpaired) electrons. The summed E-state index contributed by atoms with van der Waals surface area (Å²) in [4.78, 5) is 2.38. The highest BCUT2D eigenvalue weighted by Crippen LogP contribution is 2.32. The fourth-order valence-corrected chi connectivity index (χ4v) is 2.54. The topological polar surface area (TPSA) is 39.1 Å². The van der Waals surface area contributed by atoms with Crippen molar-refractivity contribution in [2.75, 3.05) is 31.5 Å². The van der Waals surface area contributed by atoms with Crippen LogP contribution in [0.25, 0.3) is 0 Å². The molecule has 1 heterocycles. The zero-order valence-corrected chi connectivity index (χ0v) is 11.7. The maximum Gasteiger partial charge on any atom is 0.417 e. The molecule has 0 bridgehead atoms. The third-order valence-electron chi connectivity index (χ3n) is 3.62. The fraction of sp³-hybridized carbons (Fsp3) is 0.533. The Labute approximate surface area is 122 Å². The largest absolute Gasteiger partial charge is 0.417 e. The van der Waals surface area contributed by atoms with E-state index in [0.717, 1.165) is 32.1 Å². The van der Waals surface area contributed by atoms with Gasteiger partial charge >= 0.3 is 6.18 Å². The van der Waals surface area contributed by atoms with Crippen molar-refractivity contribution in [2.24, 2.45) is 0 Å². The first-order chi connectivity index (χ1) is 10.0. The number of anilines is 1. The summed E-state index contributed by atoms with van der Waals surface area (Å²) >= 11 is 0. The molecule has 3 nitrogen and oxygen atoms in total. The number of nitrogens with one attached hydrogen (secondary N) is 1. The van der Waals surface area contributed by atoms with E-state index < -0.39 is 11.7 Å². The highest BCUT2D eigenvalue weighted by Gasteiger charge is 2.33. The molecule has 0 saturated carbocycles. The molecule has 0 amide bonds. The zero-order chi connectivity index (χ0) is 15.3. The fourth-order valence-electron chi connectivity index (χ4n) is 2.54. The lowest BCUT2D eigenvalue weighted by molar-refractivity contribution is -0.137. The van der Waals surface area contributed by atoms with Crippen molar-refractivity contribution < 1.29 is 13.2 Å². The first-order valence-corrected chi connectivity index (χ1v) is 7.08. The molecule has 2 rings (SSSR count). The molecule has 0 aromatic heterocycles. The van der Waals surface area contributed by atoms with Gasteiger partial charge in [0.05, 0.1) is 17.2 Å². The van der Waals surface area contributed by atoms with Gasteiger partial charge in [-0.1, -0.05) is 0 Å². The third-order valence-corrected chi connectivity index (χ3v) is 3.62. The average molecular weight is 297 g/mol. The molecule has 0 spiro atoms. The van der Waals surface area contributed by atoms with Crippen LogP contribution < -0.4 is 5.32 Å². The maximum atomic E-state index is 12.7. The lowest BCUT2D eigenvalue weighted by Gasteiger charge is -2.15. The van der Waals surface area contributed by atoms with E-state index in [1.54, 1.807) is 6.07 Å². The van der Waals surface area contributed by atoms with Gasteiger partial charge in [-0.25, -0.2) is 0 Å². The van der Waals surface area contributed by atoms with Gasteiger partial charge in [-0.15, -0.1) is 0 Å². The van der Waals surface area contributed by atoms with Gasteiger partial charge in [0.1, 0.15) is 0 Å². The van der Waals surface area contributed by atoms with Crippen molar-refractivity contribution in [3.05, 3.63) is 29.3 Å². The summed E-state index contributed by atoms with van der Waals surface area (Å²) in [7, 11) is 0. The van der Waals surface area contributed by atoms with Crippen LogP contribution in [0.3, 0.4) is 0 Å². The van der Waals surface area contributed by atoms with Gasteiger partial charge in [0.2, 0.25) is 0 Å². The van der Waals surface area contributed by atoms with E-state index in [4.69, 9.17) is 5.26 Å². The van der Waals surface area contributed by atoms with E-state index in [1.807, 2.05) is 0 Å². The van der Waals surface area contributed by atoms with Gasteiger partial charge in [0, 0.05) is 12.2 Å². The van der Waals surface area contributed by atoms with Crippen LogP contribution in [0.4, 0.5) is 18.9 Å². The second-order valence-corrected chi connectivity index (χ2v) is 5.20. The lowest BCUT2D eigenvalue weighted by Crippen LogP contribution is -2.22. The van der Waals surface area contributed by atoms with Gasteiger partial charge in [-0.3, -0.25) is 0 Å². The molecule has 6 heteroatoms. The monoisotopic (exact) mass is 297 g/mol. The Morgan fingerprint density at radius 2 is 1.95 bits per heavy atom. The van der Waals surface area contributed by atoms with Crippen LogP contribution in [0, 0.1) is 11.3 Å². The number of alkyl halides is 3. The number of hydrogen-bond acceptors (Lipinski definition) is 3. The second kappa shape index (κ2) is 6.81. The van der Waals surface area contributed by atoms with Gasteiger partial charge < -0.3 is 10.2 Å². The predicted molar refractivity (Wildman–Crippen MR) is 74.9 cm³/mol. The summed E-state index contributed by atoms with van der Waals surface area (Å²) < 4.78 is 38.0.